The van der Waals surface area contributed by atoms with Gasteiger partial charge in [0.05, 0.1) is 18.2 Å². The molecule has 0 aliphatic carbocycles. The number of rotatable bonds is 2. The highest BCUT2D eigenvalue weighted by Gasteiger charge is 2.17. The van der Waals surface area contributed by atoms with E-state index < -0.39 is 5.97 Å². The third kappa shape index (κ3) is 1.99. The van der Waals surface area contributed by atoms with Gasteiger partial charge >= 0.3 is 5.97 Å². The van der Waals surface area contributed by atoms with Gasteiger partial charge in [-0.3, -0.25) is 0 Å². The van der Waals surface area contributed by atoms with Crippen molar-refractivity contribution in [3.05, 3.63) is 34.4 Å². The number of esters is 1. The molecular weight excluding hydrogens is 190 g/mol. The maximum Gasteiger partial charge on any atom is 0.339 e. The smallest absolute Gasteiger partial charge is 0.339 e. The minimum absolute atomic E-state index is 0.405. The van der Waals surface area contributed by atoms with Gasteiger partial charge in [-0.15, -0.1) is 0 Å². The highest BCUT2D eigenvalue weighted by atomic mass is 16.5. The van der Waals surface area contributed by atoms with E-state index in [1.54, 1.807) is 0 Å². The number of aryl methyl sites for hydroxylation is 2. The molecule has 0 atom stereocenters. The van der Waals surface area contributed by atoms with Crippen molar-refractivity contribution in [3.63, 3.8) is 0 Å². The second kappa shape index (κ2) is 4.61. The van der Waals surface area contributed by atoms with Crippen LogP contribution in [-0.2, 0) is 11.2 Å². The van der Waals surface area contributed by atoms with Crippen molar-refractivity contribution in [2.45, 2.75) is 20.3 Å². The van der Waals surface area contributed by atoms with Crippen LogP contribution < -0.4 is 0 Å². The van der Waals surface area contributed by atoms with Crippen LogP contribution in [0.15, 0.2) is 12.1 Å². The molecule has 0 spiro atoms. The molecule has 3 nitrogen and oxygen atoms in total. The molecule has 0 unspecified atom stereocenters. The van der Waals surface area contributed by atoms with Gasteiger partial charge in [0.25, 0.3) is 0 Å². The van der Waals surface area contributed by atoms with Crippen LogP contribution in [0.3, 0.4) is 0 Å². The molecule has 0 aromatic heterocycles. The topological polar surface area (TPSA) is 50.1 Å². The summed E-state index contributed by atoms with van der Waals surface area (Å²) < 4.78 is 4.69. The van der Waals surface area contributed by atoms with Crippen LogP contribution in [0, 0.1) is 18.3 Å². The van der Waals surface area contributed by atoms with Crippen molar-refractivity contribution >= 4 is 5.97 Å². The summed E-state index contributed by atoms with van der Waals surface area (Å²) in [7, 11) is 1.32. The SMILES string of the molecule is CCc1ccc(C)c(C#N)c1C(=O)OC. The predicted molar refractivity (Wildman–Crippen MR) is 56.6 cm³/mol. The van der Waals surface area contributed by atoms with E-state index in [9.17, 15) is 4.79 Å². The number of ether oxygens (including phenoxy) is 1. The van der Waals surface area contributed by atoms with Gasteiger partial charge < -0.3 is 4.74 Å². The Bertz CT molecular complexity index is 430. The molecule has 78 valence electrons. The van der Waals surface area contributed by atoms with Gasteiger partial charge in [-0.05, 0) is 24.5 Å². The standard InChI is InChI=1S/C12H13NO2/c1-4-9-6-5-8(2)10(7-13)11(9)12(14)15-3/h5-6H,4H2,1-3H3. The van der Waals surface area contributed by atoms with Crippen molar-refractivity contribution in [2.24, 2.45) is 0 Å². The molecule has 1 aromatic carbocycles. The summed E-state index contributed by atoms with van der Waals surface area (Å²) in [6.07, 6.45) is 0.708. The first-order chi connectivity index (χ1) is 7.15. The summed E-state index contributed by atoms with van der Waals surface area (Å²) in [5.74, 6) is -0.438. The molecule has 0 radical (unpaired) electrons. The van der Waals surface area contributed by atoms with E-state index in [-0.39, 0.29) is 0 Å². The van der Waals surface area contributed by atoms with Gasteiger partial charge in [-0.1, -0.05) is 19.1 Å². The minimum atomic E-state index is -0.438. The molecule has 1 aromatic rings. The number of hydrogen-bond acceptors (Lipinski definition) is 3. The Morgan fingerprint density at radius 3 is 2.67 bits per heavy atom. The quantitative estimate of drug-likeness (QED) is 0.692. The molecule has 0 saturated heterocycles. The van der Waals surface area contributed by atoms with Gasteiger partial charge in [-0.2, -0.15) is 5.26 Å². The largest absolute Gasteiger partial charge is 0.465 e. The van der Waals surface area contributed by atoms with Gasteiger partial charge in [-0.25, -0.2) is 4.79 Å². The van der Waals surface area contributed by atoms with Crippen LogP contribution >= 0.6 is 0 Å². The summed E-state index contributed by atoms with van der Waals surface area (Å²) in [6, 6.07) is 5.77. The zero-order valence-corrected chi connectivity index (χ0v) is 9.13. The molecule has 0 saturated carbocycles. The average molecular weight is 203 g/mol. The Kier molecular flexibility index (Phi) is 3.46. The van der Waals surface area contributed by atoms with Crippen LogP contribution in [0.4, 0.5) is 0 Å². The van der Waals surface area contributed by atoms with Crippen molar-refractivity contribution < 1.29 is 9.53 Å². The average Bonchev–Trinajstić information content (AvgIpc) is 2.27. The van der Waals surface area contributed by atoms with E-state index >= 15 is 0 Å². The molecule has 0 amide bonds. The number of carbonyl (C=O) groups excluding carboxylic acids is 1. The van der Waals surface area contributed by atoms with Crippen LogP contribution in [0.1, 0.15) is 34.0 Å². The Balaban J connectivity index is 3.49. The molecule has 0 aliphatic rings. The summed E-state index contributed by atoms with van der Waals surface area (Å²) in [5, 5.41) is 9.01. The lowest BCUT2D eigenvalue weighted by molar-refractivity contribution is 0.0599. The summed E-state index contributed by atoms with van der Waals surface area (Å²) in [4.78, 5) is 11.6. The van der Waals surface area contributed by atoms with Gasteiger partial charge in [0, 0.05) is 0 Å². The van der Waals surface area contributed by atoms with E-state index in [0.29, 0.717) is 17.5 Å². The van der Waals surface area contributed by atoms with Crippen molar-refractivity contribution in [1.29, 1.82) is 5.26 Å². The van der Waals surface area contributed by atoms with Gasteiger partial charge in [0.15, 0.2) is 0 Å². The second-order valence-electron chi connectivity index (χ2n) is 3.25. The highest BCUT2D eigenvalue weighted by Crippen LogP contribution is 2.19. The molecule has 0 heterocycles. The second-order valence-corrected chi connectivity index (χ2v) is 3.25. The van der Waals surface area contributed by atoms with Crippen LogP contribution in [0.25, 0.3) is 0 Å². The highest BCUT2D eigenvalue weighted by molar-refractivity contribution is 5.94. The normalized spacial score (nSPS) is 9.47. The third-order valence-electron chi connectivity index (χ3n) is 2.38. The zero-order chi connectivity index (χ0) is 11.4. The van der Waals surface area contributed by atoms with Crippen molar-refractivity contribution in [3.8, 4) is 6.07 Å². The summed E-state index contributed by atoms with van der Waals surface area (Å²) >= 11 is 0. The number of methoxy groups -OCH3 is 1. The molecule has 3 heteroatoms. The van der Waals surface area contributed by atoms with Gasteiger partial charge in [0.2, 0.25) is 0 Å². The monoisotopic (exact) mass is 203 g/mol. The Labute approximate surface area is 89.3 Å². The number of benzene rings is 1. The zero-order valence-electron chi connectivity index (χ0n) is 9.13. The first kappa shape index (κ1) is 11.3. The van der Waals surface area contributed by atoms with E-state index in [1.807, 2.05) is 26.0 Å². The van der Waals surface area contributed by atoms with Crippen molar-refractivity contribution in [1.82, 2.24) is 0 Å². The lowest BCUT2D eigenvalue weighted by atomic mass is 9.96. The Morgan fingerprint density at radius 2 is 2.20 bits per heavy atom. The lowest BCUT2D eigenvalue weighted by Crippen LogP contribution is -2.09. The van der Waals surface area contributed by atoms with E-state index in [0.717, 1.165) is 11.1 Å². The number of carbonyl (C=O) groups is 1. The fourth-order valence-corrected chi connectivity index (χ4v) is 1.52. The van der Waals surface area contributed by atoms with Crippen molar-refractivity contribution in [2.75, 3.05) is 7.11 Å². The maximum atomic E-state index is 11.6. The lowest BCUT2D eigenvalue weighted by Gasteiger charge is -2.09. The number of hydrogen-bond donors (Lipinski definition) is 0. The fourth-order valence-electron chi connectivity index (χ4n) is 1.52. The van der Waals surface area contributed by atoms with Crippen LogP contribution in [0.2, 0.25) is 0 Å². The first-order valence-corrected chi connectivity index (χ1v) is 4.76. The molecule has 1 rings (SSSR count). The fraction of sp³-hybridized carbons (Fsp3) is 0.333. The molecule has 0 N–H and O–H groups in total. The van der Waals surface area contributed by atoms with Gasteiger partial charge in [0.1, 0.15) is 6.07 Å². The van der Waals surface area contributed by atoms with Crippen LogP contribution in [-0.4, -0.2) is 13.1 Å². The Hall–Kier alpha value is -1.82. The van der Waals surface area contributed by atoms with E-state index in [2.05, 4.69) is 10.8 Å². The number of nitrogens with zero attached hydrogens (tertiary/aromatic N) is 1. The molecule has 0 bridgehead atoms. The predicted octanol–water partition coefficient (Wildman–Crippen LogP) is 2.22. The first-order valence-electron chi connectivity index (χ1n) is 4.76. The summed E-state index contributed by atoms with van der Waals surface area (Å²) in [6.45, 7) is 3.75. The molecule has 0 aliphatic heterocycles. The molecule has 15 heavy (non-hydrogen) atoms. The third-order valence-corrected chi connectivity index (χ3v) is 2.38. The summed E-state index contributed by atoms with van der Waals surface area (Å²) in [5.41, 5.74) is 2.47. The minimum Gasteiger partial charge on any atom is -0.465 e. The number of nitriles is 1. The molecular formula is C12H13NO2. The molecule has 0 fully saturated rings. The van der Waals surface area contributed by atoms with E-state index in [1.165, 1.54) is 7.11 Å². The Morgan fingerprint density at radius 1 is 1.53 bits per heavy atom. The van der Waals surface area contributed by atoms with E-state index in [4.69, 9.17) is 5.26 Å². The van der Waals surface area contributed by atoms with Crippen LogP contribution in [0.5, 0.6) is 0 Å². The maximum absolute atomic E-state index is 11.6.